The molecule has 1 amide bonds. The number of rotatable bonds is 4. The molecule has 0 aliphatic heterocycles. The van der Waals surface area contributed by atoms with E-state index < -0.39 is 5.82 Å². The average Bonchev–Trinajstić information content (AvgIpc) is 2.46. The summed E-state index contributed by atoms with van der Waals surface area (Å²) in [6.07, 6.45) is 0.753. The van der Waals surface area contributed by atoms with Gasteiger partial charge in [-0.1, -0.05) is 48.9 Å². The SMILES string of the molecule is CC[C@@H](NC(=O)c1ccccc1F)c1ccc(C)cc1. The summed E-state index contributed by atoms with van der Waals surface area (Å²) in [6, 6.07) is 13.9. The maximum Gasteiger partial charge on any atom is 0.254 e. The molecule has 104 valence electrons. The number of carbonyl (C=O) groups is 1. The molecule has 0 aliphatic rings. The minimum Gasteiger partial charge on any atom is -0.345 e. The number of aryl methyl sites for hydroxylation is 1. The summed E-state index contributed by atoms with van der Waals surface area (Å²) in [7, 11) is 0. The van der Waals surface area contributed by atoms with Crippen molar-refractivity contribution in [3.63, 3.8) is 0 Å². The van der Waals surface area contributed by atoms with Crippen molar-refractivity contribution in [1.82, 2.24) is 5.32 Å². The summed E-state index contributed by atoms with van der Waals surface area (Å²) >= 11 is 0. The largest absolute Gasteiger partial charge is 0.345 e. The Balaban J connectivity index is 2.16. The molecule has 0 radical (unpaired) electrons. The summed E-state index contributed by atoms with van der Waals surface area (Å²) in [6.45, 7) is 4.01. The van der Waals surface area contributed by atoms with Crippen molar-refractivity contribution >= 4 is 5.91 Å². The zero-order valence-electron chi connectivity index (χ0n) is 11.7. The third-order valence-electron chi connectivity index (χ3n) is 3.31. The Bertz CT molecular complexity index is 592. The molecule has 0 spiro atoms. The maximum atomic E-state index is 13.6. The van der Waals surface area contributed by atoms with Crippen LogP contribution < -0.4 is 5.32 Å². The molecule has 0 heterocycles. The van der Waals surface area contributed by atoms with Crippen LogP contribution in [0.1, 0.15) is 40.9 Å². The van der Waals surface area contributed by atoms with E-state index in [-0.39, 0.29) is 17.5 Å². The van der Waals surface area contributed by atoms with E-state index in [9.17, 15) is 9.18 Å². The van der Waals surface area contributed by atoms with Crippen LogP contribution in [0.5, 0.6) is 0 Å². The zero-order valence-corrected chi connectivity index (χ0v) is 11.7. The number of hydrogen-bond donors (Lipinski definition) is 1. The van der Waals surface area contributed by atoms with E-state index in [1.54, 1.807) is 12.1 Å². The summed E-state index contributed by atoms with van der Waals surface area (Å²) in [5.41, 5.74) is 2.28. The Morgan fingerprint density at radius 3 is 2.40 bits per heavy atom. The van der Waals surface area contributed by atoms with Gasteiger partial charge in [-0.2, -0.15) is 0 Å². The number of amides is 1. The van der Waals surface area contributed by atoms with Crippen molar-refractivity contribution in [1.29, 1.82) is 0 Å². The number of carbonyl (C=O) groups excluding carboxylic acids is 1. The second-order valence-corrected chi connectivity index (χ2v) is 4.82. The van der Waals surface area contributed by atoms with Crippen molar-refractivity contribution in [2.45, 2.75) is 26.3 Å². The third-order valence-corrected chi connectivity index (χ3v) is 3.31. The molecule has 1 atom stereocenters. The topological polar surface area (TPSA) is 29.1 Å². The minimum atomic E-state index is -0.497. The van der Waals surface area contributed by atoms with E-state index in [2.05, 4.69) is 5.32 Å². The number of halogens is 1. The monoisotopic (exact) mass is 271 g/mol. The van der Waals surface area contributed by atoms with Gasteiger partial charge in [0.25, 0.3) is 5.91 Å². The van der Waals surface area contributed by atoms with Crippen molar-refractivity contribution in [3.05, 3.63) is 71.0 Å². The first-order chi connectivity index (χ1) is 9.61. The van der Waals surface area contributed by atoms with Gasteiger partial charge < -0.3 is 5.32 Å². The van der Waals surface area contributed by atoms with Gasteiger partial charge in [0.2, 0.25) is 0 Å². The van der Waals surface area contributed by atoms with Crippen LogP contribution in [-0.4, -0.2) is 5.91 Å². The van der Waals surface area contributed by atoms with Crippen LogP contribution in [0.15, 0.2) is 48.5 Å². The minimum absolute atomic E-state index is 0.0815. The smallest absolute Gasteiger partial charge is 0.254 e. The standard InChI is InChI=1S/C17H18FNO/c1-3-16(13-10-8-12(2)9-11-13)19-17(20)14-6-4-5-7-15(14)18/h4-11,16H,3H2,1-2H3,(H,19,20)/t16-/m1/s1. The average molecular weight is 271 g/mol. The van der Waals surface area contributed by atoms with Gasteiger partial charge in [-0.3, -0.25) is 4.79 Å². The van der Waals surface area contributed by atoms with Gasteiger partial charge in [0.05, 0.1) is 11.6 Å². The Kier molecular flexibility index (Phi) is 4.51. The van der Waals surface area contributed by atoms with Crippen molar-refractivity contribution in [2.24, 2.45) is 0 Å². The van der Waals surface area contributed by atoms with Crippen LogP contribution in [-0.2, 0) is 0 Å². The summed E-state index contributed by atoms with van der Waals surface area (Å²) in [5.74, 6) is -0.876. The van der Waals surface area contributed by atoms with E-state index in [0.717, 1.165) is 12.0 Å². The Morgan fingerprint density at radius 1 is 1.15 bits per heavy atom. The lowest BCUT2D eigenvalue weighted by atomic mass is 10.0. The Hall–Kier alpha value is -2.16. The number of benzene rings is 2. The van der Waals surface area contributed by atoms with Gasteiger partial charge in [-0.15, -0.1) is 0 Å². The van der Waals surface area contributed by atoms with Crippen molar-refractivity contribution in [3.8, 4) is 0 Å². The van der Waals surface area contributed by atoms with E-state index in [4.69, 9.17) is 0 Å². The molecular formula is C17H18FNO. The van der Waals surface area contributed by atoms with Crippen LogP contribution in [0, 0.1) is 12.7 Å². The number of nitrogens with one attached hydrogen (secondary N) is 1. The second-order valence-electron chi connectivity index (χ2n) is 4.82. The van der Waals surface area contributed by atoms with Crippen LogP contribution in [0.2, 0.25) is 0 Å². The van der Waals surface area contributed by atoms with Crippen LogP contribution in [0.25, 0.3) is 0 Å². The zero-order chi connectivity index (χ0) is 14.5. The number of hydrogen-bond acceptors (Lipinski definition) is 1. The highest BCUT2D eigenvalue weighted by Gasteiger charge is 2.16. The van der Waals surface area contributed by atoms with E-state index >= 15 is 0 Å². The van der Waals surface area contributed by atoms with Gasteiger partial charge in [0.1, 0.15) is 5.82 Å². The van der Waals surface area contributed by atoms with Gasteiger partial charge in [-0.05, 0) is 31.0 Å². The van der Waals surface area contributed by atoms with Gasteiger partial charge in [0, 0.05) is 0 Å². The molecule has 2 aromatic carbocycles. The molecule has 0 unspecified atom stereocenters. The summed E-state index contributed by atoms with van der Waals surface area (Å²) in [5, 5.41) is 2.88. The van der Waals surface area contributed by atoms with Gasteiger partial charge >= 0.3 is 0 Å². The van der Waals surface area contributed by atoms with Gasteiger partial charge in [-0.25, -0.2) is 4.39 Å². The molecule has 0 fully saturated rings. The molecule has 20 heavy (non-hydrogen) atoms. The first-order valence-corrected chi connectivity index (χ1v) is 6.73. The molecule has 0 aromatic heterocycles. The Labute approximate surface area is 118 Å². The highest BCUT2D eigenvalue weighted by molar-refractivity contribution is 5.94. The quantitative estimate of drug-likeness (QED) is 0.894. The highest BCUT2D eigenvalue weighted by Crippen LogP contribution is 2.18. The molecule has 0 bridgehead atoms. The first kappa shape index (κ1) is 14.3. The molecule has 0 aliphatic carbocycles. The van der Waals surface area contributed by atoms with Crippen LogP contribution in [0.3, 0.4) is 0 Å². The molecule has 0 saturated heterocycles. The molecule has 2 aromatic rings. The van der Waals surface area contributed by atoms with E-state index in [1.807, 2.05) is 38.1 Å². The normalized spacial score (nSPS) is 11.9. The lowest BCUT2D eigenvalue weighted by Crippen LogP contribution is -2.28. The lowest BCUT2D eigenvalue weighted by molar-refractivity contribution is 0.0931. The summed E-state index contributed by atoms with van der Waals surface area (Å²) in [4.78, 5) is 12.1. The second kappa shape index (κ2) is 6.33. The molecule has 1 N–H and O–H groups in total. The van der Waals surface area contributed by atoms with Crippen molar-refractivity contribution < 1.29 is 9.18 Å². The first-order valence-electron chi connectivity index (χ1n) is 6.73. The fourth-order valence-corrected chi connectivity index (χ4v) is 2.10. The van der Waals surface area contributed by atoms with Gasteiger partial charge in [0.15, 0.2) is 0 Å². The Morgan fingerprint density at radius 2 is 1.80 bits per heavy atom. The third kappa shape index (κ3) is 3.23. The molecule has 2 nitrogen and oxygen atoms in total. The van der Waals surface area contributed by atoms with E-state index in [1.165, 1.54) is 17.7 Å². The van der Waals surface area contributed by atoms with Crippen molar-refractivity contribution in [2.75, 3.05) is 0 Å². The van der Waals surface area contributed by atoms with E-state index in [0.29, 0.717) is 0 Å². The maximum absolute atomic E-state index is 13.6. The predicted octanol–water partition coefficient (Wildman–Crippen LogP) is 4.02. The lowest BCUT2D eigenvalue weighted by Gasteiger charge is -2.18. The molecule has 0 saturated carbocycles. The highest BCUT2D eigenvalue weighted by atomic mass is 19.1. The fourth-order valence-electron chi connectivity index (χ4n) is 2.10. The predicted molar refractivity (Wildman–Crippen MR) is 78.1 cm³/mol. The summed E-state index contributed by atoms with van der Waals surface area (Å²) < 4.78 is 13.6. The molecule has 2 rings (SSSR count). The fraction of sp³-hybridized carbons (Fsp3) is 0.235. The molecule has 3 heteroatoms. The van der Waals surface area contributed by atoms with Crippen LogP contribution >= 0.6 is 0 Å². The van der Waals surface area contributed by atoms with Crippen LogP contribution in [0.4, 0.5) is 4.39 Å². The molecular weight excluding hydrogens is 253 g/mol.